The summed E-state index contributed by atoms with van der Waals surface area (Å²) in [7, 11) is 0. The van der Waals surface area contributed by atoms with Gasteiger partial charge in [-0.05, 0) is 25.0 Å². The van der Waals surface area contributed by atoms with E-state index in [0.717, 1.165) is 0 Å². The molecule has 0 aliphatic carbocycles. The smallest absolute Gasteiger partial charge is 0.223 e. The van der Waals surface area contributed by atoms with Gasteiger partial charge < -0.3 is 15.8 Å². The summed E-state index contributed by atoms with van der Waals surface area (Å²) in [5.41, 5.74) is 6.29. The second kappa shape index (κ2) is 6.89. The molecule has 100 valence electrons. The van der Waals surface area contributed by atoms with Gasteiger partial charge in [0.25, 0.3) is 0 Å². The lowest BCUT2D eigenvalue weighted by molar-refractivity contribution is -0.122. The van der Waals surface area contributed by atoms with Crippen LogP contribution in [0.2, 0.25) is 0 Å². The number of rotatable bonds is 6. The van der Waals surface area contributed by atoms with Gasteiger partial charge in [0.2, 0.25) is 5.91 Å². The molecule has 1 unspecified atom stereocenters. The van der Waals surface area contributed by atoms with Crippen LogP contribution in [-0.4, -0.2) is 18.6 Å². The van der Waals surface area contributed by atoms with Gasteiger partial charge in [-0.2, -0.15) is 0 Å². The maximum atomic E-state index is 11.6. The van der Waals surface area contributed by atoms with Crippen LogP contribution in [0.4, 0.5) is 5.69 Å². The van der Waals surface area contributed by atoms with Gasteiger partial charge in [0.15, 0.2) is 0 Å². The van der Waals surface area contributed by atoms with Crippen LogP contribution >= 0.6 is 0 Å². The van der Waals surface area contributed by atoms with Crippen LogP contribution in [0.5, 0.6) is 5.75 Å². The van der Waals surface area contributed by atoms with E-state index in [-0.39, 0.29) is 11.9 Å². The third kappa shape index (κ3) is 5.08. The van der Waals surface area contributed by atoms with Crippen molar-refractivity contribution in [1.29, 1.82) is 0 Å². The van der Waals surface area contributed by atoms with E-state index in [2.05, 4.69) is 19.2 Å². The Morgan fingerprint density at radius 1 is 1.39 bits per heavy atom. The lowest BCUT2D eigenvalue weighted by Crippen LogP contribution is -2.36. The van der Waals surface area contributed by atoms with Crippen LogP contribution in [0.3, 0.4) is 0 Å². The van der Waals surface area contributed by atoms with Gasteiger partial charge in [0.05, 0.1) is 13.0 Å². The first-order valence-corrected chi connectivity index (χ1v) is 6.26. The lowest BCUT2D eigenvalue weighted by Gasteiger charge is -2.17. The number of nitrogens with one attached hydrogen (secondary N) is 1. The topological polar surface area (TPSA) is 64.3 Å². The molecule has 1 rings (SSSR count). The number of nitrogen functional groups attached to an aromatic ring is 1. The predicted molar refractivity (Wildman–Crippen MR) is 73.4 cm³/mol. The van der Waals surface area contributed by atoms with E-state index in [1.807, 2.05) is 19.1 Å². The van der Waals surface area contributed by atoms with Crippen molar-refractivity contribution >= 4 is 11.6 Å². The molecular weight excluding hydrogens is 228 g/mol. The third-order valence-electron chi connectivity index (χ3n) is 2.84. The Morgan fingerprint density at radius 2 is 2.11 bits per heavy atom. The zero-order chi connectivity index (χ0) is 13.5. The highest BCUT2D eigenvalue weighted by Gasteiger charge is 2.10. The number of benzene rings is 1. The quantitative estimate of drug-likeness (QED) is 0.761. The molecule has 1 atom stereocenters. The van der Waals surface area contributed by atoms with Crippen molar-refractivity contribution in [1.82, 2.24) is 5.32 Å². The molecule has 0 aliphatic rings. The Bertz CT molecular complexity index is 391. The monoisotopic (exact) mass is 250 g/mol. The Kier molecular flexibility index (Phi) is 5.49. The van der Waals surface area contributed by atoms with Gasteiger partial charge in [0.1, 0.15) is 5.75 Å². The molecule has 4 heteroatoms. The normalized spacial score (nSPS) is 12.2. The SMILES string of the molecule is CC(C)C(C)NC(=O)CCOc1cccc(N)c1. The van der Waals surface area contributed by atoms with Gasteiger partial charge in [0, 0.05) is 17.8 Å². The zero-order valence-electron chi connectivity index (χ0n) is 11.3. The average molecular weight is 250 g/mol. The minimum atomic E-state index is 0.0140. The summed E-state index contributed by atoms with van der Waals surface area (Å²) in [5.74, 6) is 1.14. The summed E-state index contributed by atoms with van der Waals surface area (Å²) < 4.78 is 5.46. The first-order valence-electron chi connectivity index (χ1n) is 6.26. The van der Waals surface area contributed by atoms with E-state index in [1.54, 1.807) is 12.1 Å². The van der Waals surface area contributed by atoms with Crippen LogP contribution in [-0.2, 0) is 4.79 Å². The van der Waals surface area contributed by atoms with Crippen molar-refractivity contribution in [2.24, 2.45) is 5.92 Å². The van der Waals surface area contributed by atoms with Gasteiger partial charge in [-0.15, -0.1) is 0 Å². The Balaban J connectivity index is 2.27. The van der Waals surface area contributed by atoms with E-state index in [0.29, 0.717) is 30.4 Å². The molecule has 0 saturated heterocycles. The second-order valence-corrected chi connectivity index (χ2v) is 4.77. The van der Waals surface area contributed by atoms with Crippen molar-refractivity contribution in [2.45, 2.75) is 33.2 Å². The van der Waals surface area contributed by atoms with Gasteiger partial charge >= 0.3 is 0 Å². The number of hydrogen-bond acceptors (Lipinski definition) is 3. The summed E-state index contributed by atoms with van der Waals surface area (Å²) in [5, 5.41) is 2.93. The van der Waals surface area contributed by atoms with Gasteiger partial charge in [-0.25, -0.2) is 0 Å². The summed E-state index contributed by atoms with van der Waals surface area (Å²) in [6.45, 7) is 6.52. The lowest BCUT2D eigenvalue weighted by atomic mass is 10.1. The maximum Gasteiger partial charge on any atom is 0.223 e. The Labute approximate surface area is 109 Å². The molecule has 1 aromatic carbocycles. The number of amides is 1. The van der Waals surface area contributed by atoms with Crippen LogP contribution in [0.25, 0.3) is 0 Å². The zero-order valence-corrected chi connectivity index (χ0v) is 11.3. The summed E-state index contributed by atoms with van der Waals surface area (Å²) in [4.78, 5) is 11.6. The molecule has 0 aliphatic heterocycles. The minimum absolute atomic E-state index is 0.0140. The predicted octanol–water partition coefficient (Wildman–Crippen LogP) is 2.20. The second-order valence-electron chi connectivity index (χ2n) is 4.77. The molecule has 1 aromatic rings. The number of ether oxygens (including phenoxy) is 1. The van der Waals surface area contributed by atoms with Crippen LogP contribution in [0.1, 0.15) is 27.2 Å². The Hall–Kier alpha value is -1.71. The highest BCUT2D eigenvalue weighted by atomic mass is 16.5. The number of nitrogens with two attached hydrogens (primary N) is 1. The molecular formula is C14H22N2O2. The standard InChI is InChI=1S/C14H22N2O2/c1-10(2)11(3)16-14(17)7-8-18-13-6-4-5-12(15)9-13/h4-6,9-11H,7-8,15H2,1-3H3,(H,16,17). The molecule has 0 fully saturated rings. The van der Waals surface area contributed by atoms with Crippen LogP contribution in [0, 0.1) is 5.92 Å². The molecule has 0 spiro atoms. The first kappa shape index (κ1) is 14.4. The molecule has 4 nitrogen and oxygen atoms in total. The minimum Gasteiger partial charge on any atom is -0.493 e. The average Bonchev–Trinajstić information content (AvgIpc) is 2.28. The third-order valence-corrected chi connectivity index (χ3v) is 2.84. The van der Waals surface area contributed by atoms with Crippen molar-refractivity contribution in [3.8, 4) is 5.75 Å². The van der Waals surface area contributed by atoms with E-state index in [9.17, 15) is 4.79 Å². The van der Waals surface area contributed by atoms with E-state index < -0.39 is 0 Å². The molecule has 0 saturated carbocycles. The highest BCUT2D eigenvalue weighted by molar-refractivity contribution is 5.76. The van der Waals surface area contributed by atoms with Crippen molar-refractivity contribution in [3.05, 3.63) is 24.3 Å². The molecule has 0 aromatic heterocycles. The first-order chi connectivity index (χ1) is 8.49. The van der Waals surface area contributed by atoms with E-state index in [4.69, 9.17) is 10.5 Å². The molecule has 0 heterocycles. The fourth-order valence-electron chi connectivity index (χ4n) is 1.36. The highest BCUT2D eigenvalue weighted by Crippen LogP contribution is 2.14. The fourth-order valence-corrected chi connectivity index (χ4v) is 1.36. The van der Waals surface area contributed by atoms with Gasteiger partial charge in [-0.1, -0.05) is 19.9 Å². The van der Waals surface area contributed by atoms with E-state index in [1.165, 1.54) is 0 Å². The van der Waals surface area contributed by atoms with Crippen LogP contribution < -0.4 is 15.8 Å². The molecule has 1 amide bonds. The Morgan fingerprint density at radius 3 is 2.72 bits per heavy atom. The number of anilines is 1. The summed E-state index contributed by atoms with van der Waals surface area (Å²) >= 11 is 0. The molecule has 3 N–H and O–H groups in total. The number of carbonyl (C=O) groups excluding carboxylic acids is 1. The van der Waals surface area contributed by atoms with E-state index >= 15 is 0 Å². The molecule has 18 heavy (non-hydrogen) atoms. The number of hydrogen-bond donors (Lipinski definition) is 2. The van der Waals surface area contributed by atoms with Crippen molar-refractivity contribution in [2.75, 3.05) is 12.3 Å². The summed E-state index contributed by atoms with van der Waals surface area (Å²) in [6.07, 6.45) is 0.353. The van der Waals surface area contributed by atoms with Gasteiger partial charge in [-0.3, -0.25) is 4.79 Å². The fraction of sp³-hybridized carbons (Fsp3) is 0.500. The largest absolute Gasteiger partial charge is 0.493 e. The molecule has 0 radical (unpaired) electrons. The van der Waals surface area contributed by atoms with Crippen LogP contribution in [0.15, 0.2) is 24.3 Å². The maximum absolute atomic E-state index is 11.6. The van der Waals surface area contributed by atoms with Crippen molar-refractivity contribution in [3.63, 3.8) is 0 Å². The molecule has 0 bridgehead atoms. The van der Waals surface area contributed by atoms with Crippen molar-refractivity contribution < 1.29 is 9.53 Å². The summed E-state index contributed by atoms with van der Waals surface area (Å²) in [6, 6.07) is 7.37. The number of carbonyl (C=O) groups is 1.